The molecule has 0 spiro atoms. The van der Waals surface area contributed by atoms with Gasteiger partial charge < -0.3 is 20.0 Å². The van der Waals surface area contributed by atoms with E-state index in [9.17, 15) is 9.59 Å². The Bertz CT molecular complexity index is 900. The maximum atomic E-state index is 13.0. The standard InChI is InChI=1S/C23H31N5O2S/c1-3-26-13-15-27(16-14-26)22(29)20-17(2)24-21(31-20)18-9-11-28(12-10-18)23(30)25-19-7-5-4-6-8-19/h4-8,18H,3,9-16H2,1-2H3,(H,25,30). The van der Waals surface area contributed by atoms with Crippen LogP contribution in [0.25, 0.3) is 0 Å². The lowest BCUT2D eigenvalue weighted by Crippen LogP contribution is -2.48. The number of hydrogen-bond donors (Lipinski definition) is 1. The van der Waals surface area contributed by atoms with E-state index in [1.807, 2.05) is 47.1 Å². The zero-order valence-corrected chi connectivity index (χ0v) is 19.2. The van der Waals surface area contributed by atoms with Crippen molar-refractivity contribution in [3.05, 3.63) is 45.9 Å². The fourth-order valence-corrected chi connectivity index (χ4v) is 5.46. The van der Waals surface area contributed by atoms with Crippen LogP contribution in [0.3, 0.4) is 0 Å². The molecule has 1 aromatic heterocycles. The monoisotopic (exact) mass is 441 g/mol. The van der Waals surface area contributed by atoms with Crippen LogP contribution in [0.1, 0.15) is 46.1 Å². The van der Waals surface area contributed by atoms with E-state index in [1.165, 1.54) is 0 Å². The van der Waals surface area contributed by atoms with E-state index in [0.717, 1.165) is 66.8 Å². The number of carbonyl (C=O) groups excluding carboxylic acids is 2. The summed E-state index contributed by atoms with van der Waals surface area (Å²) in [6, 6.07) is 9.49. The average Bonchev–Trinajstić information content (AvgIpc) is 3.21. The SMILES string of the molecule is CCN1CCN(C(=O)c2sc(C3CCN(C(=O)Nc4ccccc4)CC3)nc2C)CC1. The maximum absolute atomic E-state index is 13.0. The van der Waals surface area contributed by atoms with Crippen LogP contribution in [0.4, 0.5) is 10.5 Å². The van der Waals surface area contributed by atoms with Gasteiger partial charge in [-0.2, -0.15) is 0 Å². The number of nitrogens with zero attached hydrogens (tertiary/aromatic N) is 4. The number of hydrogen-bond acceptors (Lipinski definition) is 5. The molecule has 3 heterocycles. The number of amides is 3. The second-order valence-corrected chi connectivity index (χ2v) is 9.28. The van der Waals surface area contributed by atoms with Gasteiger partial charge in [-0.1, -0.05) is 25.1 Å². The molecule has 2 aliphatic rings. The summed E-state index contributed by atoms with van der Waals surface area (Å²) in [6.07, 6.45) is 1.75. The molecule has 8 heteroatoms. The Labute approximate surface area is 188 Å². The molecule has 31 heavy (non-hydrogen) atoms. The minimum atomic E-state index is -0.0537. The molecule has 1 N–H and O–H groups in total. The molecule has 0 aliphatic carbocycles. The van der Waals surface area contributed by atoms with Gasteiger partial charge in [0, 0.05) is 50.9 Å². The number of urea groups is 1. The van der Waals surface area contributed by atoms with Crippen LogP contribution in [-0.4, -0.2) is 77.4 Å². The van der Waals surface area contributed by atoms with Crippen molar-refractivity contribution < 1.29 is 9.59 Å². The summed E-state index contributed by atoms with van der Waals surface area (Å²) >= 11 is 1.55. The molecule has 0 saturated carbocycles. The minimum absolute atomic E-state index is 0.0537. The summed E-state index contributed by atoms with van der Waals surface area (Å²) in [6.45, 7) is 9.99. The van der Waals surface area contributed by atoms with Crippen molar-refractivity contribution in [1.82, 2.24) is 19.7 Å². The number of aryl methyl sites for hydroxylation is 1. The van der Waals surface area contributed by atoms with Crippen LogP contribution in [-0.2, 0) is 0 Å². The molecule has 7 nitrogen and oxygen atoms in total. The molecule has 1 aromatic carbocycles. The fraction of sp³-hybridized carbons (Fsp3) is 0.522. The van der Waals surface area contributed by atoms with Gasteiger partial charge >= 0.3 is 6.03 Å². The highest BCUT2D eigenvalue weighted by atomic mass is 32.1. The minimum Gasteiger partial charge on any atom is -0.335 e. The van der Waals surface area contributed by atoms with Crippen LogP contribution < -0.4 is 5.32 Å². The van der Waals surface area contributed by atoms with Gasteiger partial charge in [0.2, 0.25) is 0 Å². The summed E-state index contributed by atoms with van der Waals surface area (Å²) in [7, 11) is 0. The zero-order chi connectivity index (χ0) is 21.8. The van der Waals surface area contributed by atoms with Crippen LogP contribution in [0.5, 0.6) is 0 Å². The number of anilines is 1. The molecule has 2 aliphatic heterocycles. The molecule has 2 saturated heterocycles. The number of thiazole rings is 1. The number of rotatable bonds is 4. The lowest BCUT2D eigenvalue weighted by atomic mass is 9.98. The highest BCUT2D eigenvalue weighted by Crippen LogP contribution is 2.33. The first kappa shape index (κ1) is 21.8. The van der Waals surface area contributed by atoms with Gasteiger partial charge in [0.15, 0.2) is 0 Å². The molecule has 0 atom stereocenters. The molecule has 2 fully saturated rings. The van der Waals surface area contributed by atoms with Crippen molar-refractivity contribution in [2.75, 3.05) is 51.1 Å². The third-order valence-electron chi connectivity index (χ3n) is 6.27. The first-order valence-electron chi connectivity index (χ1n) is 11.1. The van der Waals surface area contributed by atoms with E-state index in [1.54, 1.807) is 11.3 Å². The Morgan fingerprint density at radius 3 is 2.35 bits per heavy atom. The second-order valence-electron chi connectivity index (χ2n) is 8.25. The smallest absolute Gasteiger partial charge is 0.321 e. The number of nitrogens with one attached hydrogen (secondary N) is 1. The summed E-state index contributed by atoms with van der Waals surface area (Å²) in [5, 5.41) is 4.00. The Kier molecular flexibility index (Phi) is 6.87. The Morgan fingerprint density at radius 1 is 1.03 bits per heavy atom. The molecule has 3 amide bonds. The van der Waals surface area contributed by atoms with Gasteiger partial charge in [0.25, 0.3) is 5.91 Å². The van der Waals surface area contributed by atoms with Crippen molar-refractivity contribution in [3.63, 3.8) is 0 Å². The average molecular weight is 442 g/mol. The van der Waals surface area contributed by atoms with Crippen molar-refractivity contribution in [3.8, 4) is 0 Å². The van der Waals surface area contributed by atoms with Gasteiger partial charge in [-0.15, -0.1) is 11.3 Å². The summed E-state index contributed by atoms with van der Waals surface area (Å²) in [5.41, 5.74) is 1.65. The molecule has 0 radical (unpaired) electrons. The predicted octanol–water partition coefficient (Wildman–Crippen LogP) is 3.64. The lowest BCUT2D eigenvalue weighted by molar-refractivity contribution is 0.0647. The van der Waals surface area contributed by atoms with Crippen LogP contribution in [0.2, 0.25) is 0 Å². The van der Waals surface area contributed by atoms with Crippen molar-refractivity contribution in [1.29, 1.82) is 0 Å². The van der Waals surface area contributed by atoms with Crippen LogP contribution >= 0.6 is 11.3 Å². The van der Waals surface area contributed by atoms with E-state index >= 15 is 0 Å². The summed E-state index contributed by atoms with van der Waals surface area (Å²) in [4.78, 5) is 37.3. The number of carbonyl (C=O) groups is 2. The van der Waals surface area contributed by atoms with Gasteiger partial charge in [0.05, 0.1) is 10.7 Å². The van der Waals surface area contributed by atoms with Crippen LogP contribution in [0, 0.1) is 6.92 Å². The van der Waals surface area contributed by atoms with Crippen molar-refractivity contribution in [2.45, 2.75) is 32.6 Å². The predicted molar refractivity (Wildman–Crippen MR) is 124 cm³/mol. The molecular weight excluding hydrogens is 410 g/mol. The number of piperidine rings is 1. The molecule has 2 aromatic rings. The largest absolute Gasteiger partial charge is 0.335 e. The zero-order valence-electron chi connectivity index (χ0n) is 18.3. The fourth-order valence-electron chi connectivity index (χ4n) is 4.25. The molecule has 0 bridgehead atoms. The number of para-hydroxylation sites is 1. The normalized spacial score (nSPS) is 18.3. The number of likely N-dealkylation sites (N-methyl/N-ethyl adjacent to an activating group) is 1. The van der Waals surface area contributed by atoms with Crippen LogP contribution in [0.15, 0.2) is 30.3 Å². The van der Waals surface area contributed by atoms with Gasteiger partial charge in [0.1, 0.15) is 4.88 Å². The van der Waals surface area contributed by atoms with Crippen molar-refractivity contribution >= 4 is 29.0 Å². The highest BCUT2D eigenvalue weighted by Gasteiger charge is 2.29. The Balaban J connectivity index is 1.33. The van der Waals surface area contributed by atoms with E-state index < -0.39 is 0 Å². The Morgan fingerprint density at radius 2 is 1.71 bits per heavy atom. The second kappa shape index (κ2) is 9.78. The van der Waals surface area contributed by atoms with E-state index in [4.69, 9.17) is 4.98 Å². The van der Waals surface area contributed by atoms with Gasteiger partial charge in [-0.3, -0.25) is 4.79 Å². The van der Waals surface area contributed by atoms with Crippen molar-refractivity contribution in [2.24, 2.45) is 0 Å². The summed E-state index contributed by atoms with van der Waals surface area (Å²) < 4.78 is 0. The molecule has 166 valence electrons. The van der Waals surface area contributed by atoms with Gasteiger partial charge in [-0.25, -0.2) is 9.78 Å². The number of piperazine rings is 1. The number of likely N-dealkylation sites (tertiary alicyclic amines) is 1. The van der Waals surface area contributed by atoms with E-state index in [2.05, 4.69) is 17.1 Å². The first-order valence-corrected chi connectivity index (χ1v) is 12.0. The maximum Gasteiger partial charge on any atom is 0.321 e. The topological polar surface area (TPSA) is 68.8 Å². The Hall–Kier alpha value is -2.45. The molecule has 0 unspecified atom stereocenters. The molecule has 4 rings (SSSR count). The molecular formula is C23H31N5O2S. The third kappa shape index (κ3) is 5.07. The number of aromatic nitrogens is 1. The van der Waals surface area contributed by atoms with E-state index in [0.29, 0.717) is 19.0 Å². The highest BCUT2D eigenvalue weighted by molar-refractivity contribution is 7.13. The number of benzene rings is 1. The first-order chi connectivity index (χ1) is 15.0. The quantitative estimate of drug-likeness (QED) is 0.787. The summed E-state index contributed by atoms with van der Waals surface area (Å²) in [5.74, 6) is 0.430. The third-order valence-corrected chi connectivity index (χ3v) is 7.58. The lowest BCUT2D eigenvalue weighted by Gasteiger charge is -2.33. The van der Waals surface area contributed by atoms with Gasteiger partial charge in [-0.05, 0) is 38.4 Å². The van der Waals surface area contributed by atoms with E-state index in [-0.39, 0.29) is 11.9 Å².